The number of carbonyl (C=O) groups excluding carboxylic acids is 3. The summed E-state index contributed by atoms with van der Waals surface area (Å²) in [6.45, 7) is 0.769. The lowest BCUT2D eigenvalue weighted by Crippen LogP contribution is -2.45. The van der Waals surface area contributed by atoms with Gasteiger partial charge in [0.1, 0.15) is 0 Å². The number of primary amides is 1. The van der Waals surface area contributed by atoms with Gasteiger partial charge in [-0.05, 0) is 12.8 Å². The van der Waals surface area contributed by atoms with Gasteiger partial charge in [-0.1, -0.05) is 0 Å². The first kappa shape index (κ1) is 9.70. The molecule has 1 fully saturated rings. The van der Waals surface area contributed by atoms with Gasteiger partial charge in [-0.3, -0.25) is 14.4 Å². The Morgan fingerprint density at radius 1 is 1.46 bits per heavy atom. The van der Waals surface area contributed by atoms with Gasteiger partial charge in [0.2, 0.25) is 6.29 Å². The zero-order chi connectivity index (χ0) is 9.84. The van der Waals surface area contributed by atoms with E-state index in [0.717, 1.165) is 12.8 Å². The number of likely N-dealkylation sites (tertiary alicyclic amines) is 1. The van der Waals surface area contributed by atoms with Crippen LogP contribution in [0.1, 0.15) is 12.8 Å². The van der Waals surface area contributed by atoms with Crippen molar-refractivity contribution in [3.05, 3.63) is 0 Å². The van der Waals surface area contributed by atoms with Crippen LogP contribution < -0.4 is 5.73 Å². The Balaban J connectivity index is 2.55. The van der Waals surface area contributed by atoms with Gasteiger partial charge >= 0.3 is 11.8 Å². The summed E-state index contributed by atoms with van der Waals surface area (Å²) in [6, 6.07) is 0. The molecule has 1 rings (SSSR count). The molecule has 0 aromatic heterocycles. The zero-order valence-corrected chi connectivity index (χ0v) is 7.16. The molecular formula is C8H11N2O3. The summed E-state index contributed by atoms with van der Waals surface area (Å²) >= 11 is 0. The fourth-order valence-corrected chi connectivity index (χ4v) is 1.41. The maximum atomic E-state index is 11.1. The van der Waals surface area contributed by atoms with Crippen LogP contribution in [-0.2, 0) is 14.4 Å². The molecule has 0 aliphatic carbocycles. The molecule has 1 aliphatic rings. The Kier molecular flexibility index (Phi) is 3.00. The van der Waals surface area contributed by atoms with Crippen molar-refractivity contribution >= 4 is 18.1 Å². The number of piperidine rings is 1. The second-order valence-electron chi connectivity index (χ2n) is 3.07. The van der Waals surface area contributed by atoms with Crippen LogP contribution in [0.2, 0.25) is 0 Å². The minimum absolute atomic E-state index is 0.267. The minimum Gasteiger partial charge on any atom is -0.361 e. The largest absolute Gasteiger partial charge is 0.361 e. The van der Waals surface area contributed by atoms with E-state index in [2.05, 4.69) is 0 Å². The molecule has 0 bridgehead atoms. The van der Waals surface area contributed by atoms with E-state index in [1.165, 1.54) is 4.90 Å². The van der Waals surface area contributed by atoms with E-state index in [0.29, 0.717) is 6.54 Å². The van der Waals surface area contributed by atoms with Crippen LogP contribution in [0.15, 0.2) is 0 Å². The van der Waals surface area contributed by atoms with Crippen molar-refractivity contribution in [1.82, 2.24) is 4.90 Å². The monoisotopic (exact) mass is 183 g/mol. The van der Waals surface area contributed by atoms with E-state index in [1.807, 2.05) is 6.29 Å². The highest BCUT2D eigenvalue weighted by molar-refractivity contribution is 6.34. The molecule has 71 valence electrons. The SMILES string of the molecule is NC(=O)C(=O)N1CCCC([C]=O)C1. The van der Waals surface area contributed by atoms with Crippen LogP contribution in [0.25, 0.3) is 0 Å². The van der Waals surface area contributed by atoms with E-state index < -0.39 is 11.8 Å². The molecule has 1 aliphatic heterocycles. The van der Waals surface area contributed by atoms with Crippen LogP contribution in [0.5, 0.6) is 0 Å². The number of nitrogens with zero attached hydrogens (tertiary/aromatic N) is 1. The van der Waals surface area contributed by atoms with Gasteiger partial charge in [-0.25, -0.2) is 0 Å². The lowest BCUT2D eigenvalue weighted by molar-refractivity contribution is -0.145. The summed E-state index contributed by atoms with van der Waals surface area (Å²) < 4.78 is 0. The molecule has 5 nitrogen and oxygen atoms in total. The van der Waals surface area contributed by atoms with E-state index in [1.54, 1.807) is 0 Å². The van der Waals surface area contributed by atoms with Crippen molar-refractivity contribution in [2.45, 2.75) is 12.8 Å². The van der Waals surface area contributed by atoms with Gasteiger partial charge in [0.25, 0.3) is 0 Å². The number of amides is 2. The molecule has 2 amide bonds. The first-order valence-corrected chi connectivity index (χ1v) is 4.11. The fourth-order valence-electron chi connectivity index (χ4n) is 1.41. The molecule has 0 aromatic carbocycles. The van der Waals surface area contributed by atoms with Gasteiger partial charge < -0.3 is 10.6 Å². The number of carbonyl (C=O) groups is 2. The van der Waals surface area contributed by atoms with Crippen molar-refractivity contribution in [3.63, 3.8) is 0 Å². The molecule has 0 spiro atoms. The molecule has 13 heavy (non-hydrogen) atoms. The molecule has 1 saturated heterocycles. The lowest BCUT2D eigenvalue weighted by atomic mass is 10.00. The number of hydrogen-bond donors (Lipinski definition) is 1. The Morgan fingerprint density at radius 3 is 2.69 bits per heavy atom. The topological polar surface area (TPSA) is 80.5 Å². The maximum absolute atomic E-state index is 11.1. The van der Waals surface area contributed by atoms with Crippen LogP contribution in [0.3, 0.4) is 0 Å². The molecule has 2 N–H and O–H groups in total. The summed E-state index contributed by atoms with van der Waals surface area (Å²) in [5.74, 6) is -1.94. The molecule has 1 unspecified atom stereocenters. The lowest BCUT2D eigenvalue weighted by Gasteiger charge is -2.28. The van der Waals surface area contributed by atoms with Crippen LogP contribution in [-0.4, -0.2) is 36.1 Å². The average molecular weight is 183 g/mol. The molecule has 1 atom stereocenters. The molecule has 1 heterocycles. The molecular weight excluding hydrogens is 172 g/mol. The third-order valence-electron chi connectivity index (χ3n) is 2.09. The Bertz CT molecular complexity index is 240. The quantitative estimate of drug-likeness (QED) is 0.519. The second kappa shape index (κ2) is 4.02. The van der Waals surface area contributed by atoms with E-state index in [9.17, 15) is 14.4 Å². The van der Waals surface area contributed by atoms with Crippen molar-refractivity contribution in [2.24, 2.45) is 11.7 Å². The number of hydrogen-bond acceptors (Lipinski definition) is 3. The molecule has 1 radical (unpaired) electrons. The van der Waals surface area contributed by atoms with Gasteiger partial charge in [-0.2, -0.15) is 0 Å². The fraction of sp³-hybridized carbons (Fsp3) is 0.625. The zero-order valence-electron chi connectivity index (χ0n) is 7.16. The number of rotatable bonds is 1. The highest BCUT2D eigenvalue weighted by Crippen LogP contribution is 2.13. The summed E-state index contributed by atoms with van der Waals surface area (Å²) in [5, 5.41) is 0. The van der Waals surface area contributed by atoms with Crippen molar-refractivity contribution in [3.8, 4) is 0 Å². The summed E-state index contributed by atoms with van der Waals surface area (Å²) in [5.41, 5.74) is 4.83. The van der Waals surface area contributed by atoms with Gasteiger partial charge in [-0.15, -0.1) is 0 Å². The van der Waals surface area contributed by atoms with Gasteiger partial charge in [0.15, 0.2) is 0 Å². The summed E-state index contributed by atoms with van der Waals surface area (Å²) in [7, 11) is 0. The van der Waals surface area contributed by atoms with E-state index in [4.69, 9.17) is 5.73 Å². The highest BCUT2D eigenvalue weighted by atomic mass is 16.2. The predicted octanol–water partition coefficient (Wildman–Crippen LogP) is -1.18. The van der Waals surface area contributed by atoms with E-state index >= 15 is 0 Å². The minimum atomic E-state index is -0.966. The predicted molar refractivity (Wildman–Crippen MR) is 44.2 cm³/mol. The standard InChI is InChI=1S/C8H11N2O3/c9-7(12)8(13)10-3-1-2-6(4-10)5-11/h6H,1-4H2,(H2,9,12). The van der Waals surface area contributed by atoms with Gasteiger partial charge in [0, 0.05) is 19.0 Å². The third-order valence-corrected chi connectivity index (χ3v) is 2.09. The smallest absolute Gasteiger partial charge is 0.311 e. The first-order chi connectivity index (χ1) is 6.15. The normalized spacial score (nSPS) is 22.5. The van der Waals surface area contributed by atoms with Crippen LogP contribution in [0, 0.1) is 5.92 Å². The second-order valence-corrected chi connectivity index (χ2v) is 3.07. The molecule has 0 aromatic rings. The average Bonchev–Trinajstić information content (AvgIpc) is 2.16. The van der Waals surface area contributed by atoms with Crippen LogP contribution in [0.4, 0.5) is 0 Å². The van der Waals surface area contributed by atoms with Crippen molar-refractivity contribution in [1.29, 1.82) is 0 Å². The van der Waals surface area contributed by atoms with Crippen molar-refractivity contribution < 1.29 is 14.4 Å². The third kappa shape index (κ3) is 2.27. The first-order valence-electron chi connectivity index (χ1n) is 4.11. The van der Waals surface area contributed by atoms with E-state index in [-0.39, 0.29) is 12.5 Å². The summed E-state index contributed by atoms with van der Waals surface area (Å²) in [4.78, 5) is 33.2. The Labute approximate surface area is 75.9 Å². The van der Waals surface area contributed by atoms with Crippen molar-refractivity contribution in [2.75, 3.05) is 13.1 Å². The summed E-state index contributed by atoms with van der Waals surface area (Å²) in [6.07, 6.45) is 3.28. The maximum Gasteiger partial charge on any atom is 0.311 e. The van der Waals surface area contributed by atoms with Crippen LogP contribution >= 0.6 is 0 Å². The number of nitrogens with two attached hydrogens (primary N) is 1. The highest BCUT2D eigenvalue weighted by Gasteiger charge is 2.26. The molecule has 0 saturated carbocycles. The Hall–Kier alpha value is -1.39. The molecule has 5 heteroatoms. The Morgan fingerprint density at radius 2 is 2.15 bits per heavy atom. The van der Waals surface area contributed by atoms with Gasteiger partial charge in [0.05, 0.1) is 0 Å².